The minimum Gasteiger partial charge on any atom is -0.497 e. The predicted octanol–water partition coefficient (Wildman–Crippen LogP) is 1.51. The molecular formula is C9H12ClNO2. The molecule has 0 radical (unpaired) electrons. The maximum atomic E-state index is 5.79. The molecule has 13 heavy (non-hydrogen) atoms. The Morgan fingerprint density at radius 1 is 1.54 bits per heavy atom. The van der Waals surface area contributed by atoms with E-state index in [1.807, 2.05) is 18.2 Å². The summed E-state index contributed by atoms with van der Waals surface area (Å²) in [6, 6.07) is 5.68. The molecule has 1 unspecified atom stereocenters. The minimum absolute atomic E-state index is 0. The third kappa shape index (κ3) is 1.71. The van der Waals surface area contributed by atoms with Gasteiger partial charge in [-0.3, -0.25) is 0 Å². The highest BCUT2D eigenvalue weighted by atomic mass is 35.5. The van der Waals surface area contributed by atoms with Crippen LogP contribution in [0.4, 0.5) is 0 Å². The van der Waals surface area contributed by atoms with Crippen LogP contribution < -0.4 is 15.2 Å². The first kappa shape index (κ1) is 10.2. The Balaban J connectivity index is 0.000000845. The molecule has 1 aliphatic heterocycles. The largest absolute Gasteiger partial charge is 0.497 e. The van der Waals surface area contributed by atoms with Crippen LogP contribution in [0.2, 0.25) is 0 Å². The average molecular weight is 202 g/mol. The molecule has 4 heteroatoms. The van der Waals surface area contributed by atoms with Crippen LogP contribution in [-0.2, 0) is 0 Å². The van der Waals surface area contributed by atoms with E-state index >= 15 is 0 Å². The highest BCUT2D eigenvalue weighted by molar-refractivity contribution is 5.85. The average Bonchev–Trinajstić information content (AvgIpc) is 2.47. The van der Waals surface area contributed by atoms with Gasteiger partial charge in [0.15, 0.2) is 0 Å². The SMILES string of the molecule is COc1ccc2c(c1)C(N)CO2.Cl. The van der Waals surface area contributed by atoms with E-state index in [9.17, 15) is 0 Å². The normalized spacial score (nSPS) is 18.5. The van der Waals surface area contributed by atoms with Gasteiger partial charge in [-0.05, 0) is 18.2 Å². The molecule has 2 N–H and O–H groups in total. The molecule has 1 atom stereocenters. The van der Waals surface area contributed by atoms with Gasteiger partial charge in [-0.15, -0.1) is 12.4 Å². The zero-order chi connectivity index (χ0) is 8.55. The van der Waals surface area contributed by atoms with E-state index in [1.165, 1.54) is 0 Å². The third-order valence-electron chi connectivity index (χ3n) is 2.03. The van der Waals surface area contributed by atoms with Crippen LogP contribution in [0.15, 0.2) is 18.2 Å². The summed E-state index contributed by atoms with van der Waals surface area (Å²) in [7, 11) is 1.64. The Kier molecular flexibility index (Phi) is 3.01. The molecule has 0 fully saturated rings. The molecule has 0 aromatic heterocycles. The Hall–Kier alpha value is -0.930. The number of halogens is 1. The molecule has 0 spiro atoms. The number of ether oxygens (including phenoxy) is 2. The topological polar surface area (TPSA) is 44.5 Å². The first-order chi connectivity index (χ1) is 5.81. The molecule has 0 amide bonds. The number of hydrogen-bond donors (Lipinski definition) is 1. The smallest absolute Gasteiger partial charge is 0.124 e. The molecule has 0 bridgehead atoms. The van der Waals surface area contributed by atoms with Gasteiger partial charge in [0.2, 0.25) is 0 Å². The molecule has 0 saturated heterocycles. The summed E-state index contributed by atoms with van der Waals surface area (Å²) in [4.78, 5) is 0. The van der Waals surface area contributed by atoms with Crippen molar-refractivity contribution in [3.63, 3.8) is 0 Å². The molecule has 3 nitrogen and oxygen atoms in total. The Morgan fingerprint density at radius 3 is 3.00 bits per heavy atom. The molecule has 1 heterocycles. The second-order valence-corrected chi connectivity index (χ2v) is 2.82. The number of methoxy groups -OCH3 is 1. The molecule has 1 aromatic carbocycles. The standard InChI is InChI=1S/C9H11NO2.ClH/c1-11-6-2-3-9-7(4-6)8(10)5-12-9;/h2-4,8H,5,10H2,1H3;1H. The molecule has 1 aliphatic rings. The molecule has 1 aromatic rings. The molecule has 2 rings (SSSR count). The van der Waals surface area contributed by atoms with Crippen LogP contribution in [-0.4, -0.2) is 13.7 Å². The lowest BCUT2D eigenvalue weighted by molar-refractivity contribution is 0.333. The van der Waals surface area contributed by atoms with Gasteiger partial charge in [0, 0.05) is 5.56 Å². The monoisotopic (exact) mass is 201 g/mol. The van der Waals surface area contributed by atoms with Crippen molar-refractivity contribution in [2.45, 2.75) is 6.04 Å². The van der Waals surface area contributed by atoms with Crippen LogP contribution in [0.3, 0.4) is 0 Å². The van der Waals surface area contributed by atoms with E-state index < -0.39 is 0 Å². The van der Waals surface area contributed by atoms with Gasteiger partial charge >= 0.3 is 0 Å². The lowest BCUT2D eigenvalue weighted by Crippen LogP contribution is -2.10. The van der Waals surface area contributed by atoms with Crippen molar-refractivity contribution < 1.29 is 9.47 Å². The predicted molar refractivity (Wildman–Crippen MR) is 52.7 cm³/mol. The van der Waals surface area contributed by atoms with E-state index in [-0.39, 0.29) is 18.4 Å². The summed E-state index contributed by atoms with van der Waals surface area (Å²) in [5, 5.41) is 0. The number of nitrogens with two attached hydrogens (primary N) is 1. The van der Waals surface area contributed by atoms with Gasteiger partial charge in [-0.1, -0.05) is 0 Å². The van der Waals surface area contributed by atoms with Crippen molar-refractivity contribution in [1.29, 1.82) is 0 Å². The number of fused-ring (bicyclic) bond motifs is 1. The molecule has 0 aliphatic carbocycles. The van der Waals surface area contributed by atoms with Gasteiger partial charge in [0.25, 0.3) is 0 Å². The van der Waals surface area contributed by atoms with Crippen LogP contribution in [0.5, 0.6) is 11.5 Å². The van der Waals surface area contributed by atoms with Crippen molar-refractivity contribution in [2.24, 2.45) is 5.73 Å². The van der Waals surface area contributed by atoms with E-state index in [0.717, 1.165) is 17.1 Å². The van der Waals surface area contributed by atoms with Crippen molar-refractivity contribution in [1.82, 2.24) is 0 Å². The van der Waals surface area contributed by atoms with Crippen molar-refractivity contribution in [3.05, 3.63) is 23.8 Å². The number of benzene rings is 1. The fourth-order valence-corrected chi connectivity index (χ4v) is 1.34. The van der Waals surface area contributed by atoms with Crippen LogP contribution in [0, 0.1) is 0 Å². The van der Waals surface area contributed by atoms with Gasteiger partial charge < -0.3 is 15.2 Å². The van der Waals surface area contributed by atoms with Crippen LogP contribution >= 0.6 is 12.4 Å². The van der Waals surface area contributed by atoms with Crippen LogP contribution in [0.25, 0.3) is 0 Å². The Morgan fingerprint density at radius 2 is 2.31 bits per heavy atom. The van der Waals surface area contributed by atoms with E-state index in [4.69, 9.17) is 15.2 Å². The Bertz CT molecular complexity index is 304. The first-order valence-electron chi connectivity index (χ1n) is 3.87. The summed E-state index contributed by atoms with van der Waals surface area (Å²) in [5.41, 5.74) is 6.83. The summed E-state index contributed by atoms with van der Waals surface area (Å²) in [6.45, 7) is 0.572. The summed E-state index contributed by atoms with van der Waals surface area (Å²) >= 11 is 0. The number of hydrogen-bond acceptors (Lipinski definition) is 3. The number of rotatable bonds is 1. The third-order valence-corrected chi connectivity index (χ3v) is 2.03. The van der Waals surface area contributed by atoms with Gasteiger partial charge in [-0.25, -0.2) is 0 Å². The minimum atomic E-state index is -0.00454. The van der Waals surface area contributed by atoms with Gasteiger partial charge in [0.1, 0.15) is 18.1 Å². The second kappa shape index (κ2) is 3.85. The van der Waals surface area contributed by atoms with Crippen molar-refractivity contribution in [2.75, 3.05) is 13.7 Å². The first-order valence-corrected chi connectivity index (χ1v) is 3.87. The van der Waals surface area contributed by atoms with E-state index in [1.54, 1.807) is 7.11 Å². The molecule has 72 valence electrons. The summed E-state index contributed by atoms with van der Waals surface area (Å²) < 4.78 is 10.4. The van der Waals surface area contributed by atoms with Gasteiger partial charge in [-0.2, -0.15) is 0 Å². The van der Waals surface area contributed by atoms with E-state index in [2.05, 4.69) is 0 Å². The lowest BCUT2D eigenvalue weighted by atomic mass is 10.1. The quantitative estimate of drug-likeness (QED) is 0.749. The highest BCUT2D eigenvalue weighted by Gasteiger charge is 2.20. The fraction of sp³-hybridized carbons (Fsp3) is 0.333. The van der Waals surface area contributed by atoms with Crippen LogP contribution in [0.1, 0.15) is 11.6 Å². The Labute approximate surface area is 83.2 Å². The van der Waals surface area contributed by atoms with Crippen molar-refractivity contribution in [3.8, 4) is 11.5 Å². The van der Waals surface area contributed by atoms with Gasteiger partial charge in [0.05, 0.1) is 13.2 Å². The maximum Gasteiger partial charge on any atom is 0.124 e. The van der Waals surface area contributed by atoms with Crippen molar-refractivity contribution >= 4 is 12.4 Å². The maximum absolute atomic E-state index is 5.79. The highest BCUT2D eigenvalue weighted by Crippen LogP contribution is 2.33. The van der Waals surface area contributed by atoms with E-state index in [0.29, 0.717) is 6.61 Å². The zero-order valence-electron chi connectivity index (χ0n) is 7.32. The molecular weight excluding hydrogens is 190 g/mol. The summed E-state index contributed by atoms with van der Waals surface area (Å²) in [5.74, 6) is 1.71. The summed E-state index contributed by atoms with van der Waals surface area (Å²) in [6.07, 6.45) is 0. The zero-order valence-corrected chi connectivity index (χ0v) is 8.14. The fourth-order valence-electron chi connectivity index (χ4n) is 1.34. The lowest BCUT2D eigenvalue weighted by Gasteiger charge is -2.03. The molecule has 0 saturated carbocycles. The second-order valence-electron chi connectivity index (χ2n) is 2.82.